The fourth-order valence-electron chi connectivity index (χ4n) is 1.86. The molecule has 5 heteroatoms. The van der Waals surface area contributed by atoms with Crippen LogP contribution in [0.5, 0.6) is 5.88 Å². The molecule has 0 saturated heterocycles. The van der Waals surface area contributed by atoms with E-state index in [4.69, 9.17) is 4.74 Å². The van der Waals surface area contributed by atoms with Crippen LogP contribution < -0.4 is 4.74 Å². The normalized spacial score (nSPS) is 11.3. The second-order valence-corrected chi connectivity index (χ2v) is 6.70. The summed E-state index contributed by atoms with van der Waals surface area (Å²) >= 11 is 0. The van der Waals surface area contributed by atoms with Crippen molar-refractivity contribution in [1.29, 1.82) is 0 Å². The monoisotopic (exact) mass is 291 g/mol. The summed E-state index contributed by atoms with van der Waals surface area (Å²) in [6.07, 6.45) is 1.55. The molecule has 0 amide bonds. The molecule has 2 rings (SSSR count). The summed E-state index contributed by atoms with van der Waals surface area (Å²) < 4.78 is 29.8. The minimum absolute atomic E-state index is 0.0611. The molecule has 106 valence electrons. The molecule has 0 fully saturated rings. The molecule has 4 nitrogen and oxygen atoms in total. The van der Waals surface area contributed by atoms with Crippen LogP contribution in [0.4, 0.5) is 0 Å². The van der Waals surface area contributed by atoms with Crippen LogP contribution >= 0.6 is 0 Å². The van der Waals surface area contributed by atoms with Crippen molar-refractivity contribution < 1.29 is 13.2 Å². The fraction of sp³-hybridized carbons (Fsp3) is 0.267. The maximum Gasteiger partial charge on any atom is 0.213 e. The molecular formula is C15H17NO3S. The van der Waals surface area contributed by atoms with E-state index in [1.54, 1.807) is 30.5 Å². The average Bonchev–Trinajstić information content (AvgIpc) is 2.41. The highest BCUT2D eigenvalue weighted by Gasteiger charge is 2.16. The molecule has 0 aliphatic heterocycles. The first-order valence-electron chi connectivity index (χ1n) is 6.21. The Bertz CT molecular complexity index is 724. The van der Waals surface area contributed by atoms with Crippen LogP contribution in [0.2, 0.25) is 0 Å². The molecule has 2 aromatic rings. The molecule has 1 aromatic carbocycles. The molecule has 1 aromatic heterocycles. The number of methoxy groups -OCH3 is 1. The number of rotatable bonds is 4. The van der Waals surface area contributed by atoms with Crippen molar-refractivity contribution in [3.05, 3.63) is 53.2 Å². The maximum atomic E-state index is 12.4. The van der Waals surface area contributed by atoms with Crippen molar-refractivity contribution in [2.75, 3.05) is 7.11 Å². The molecule has 1 heterocycles. The predicted octanol–water partition coefficient (Wildman–Crippen LogP) is 2.68. The van der Waals surface area contributed by atoms with Crippen molar-refractivity contribution in [2.45, 2.75) is 24.5 Å². The smallest absolute Gasteiger partial charge is 0.213 e. The number of aryl methyl sites for hydroxylation is 2. The summed E-state index contributed by atoms with van der Waals surface area (Å²) in [4.78, 5) is 4.31. The Morgan fingerprint density at radius 2 is 1.85 bits per heavy atom. The first-order valence-corrected chi connectivity index (χ1v) is 7.86. The highest BCUT2D eigenvalue weighted by Crippen LogP contribution is 2.20. The number of nitrogens with zero attached hydrogens (tertiary/aromatic N) is 1. The van der Waals surface area contributed by atoms with Gasteiger partial charge in [-0.15, -0.1) is 0 Å². The summed E-state index contributed by atoms with van der Waals surface area (Å²) in [5, 5.41) is 0. The van der Waals surface area contributed by atoms with Crippen LogP contribution in [-0.2, 0) is 15.6 Å². The third-order valence-corrected chi connectivity index (χ3v) is 4.89. The lowest BCUT2D eigenvalue weighted by atomic mass is 10.1. The van der Waals surface area contributed by atoms with Crippen LogP contribution in [0.25, 0.3) is 0 Å². The van der Waals surface area contributed by atoms with Gasteiger partial charge in [-0.3, -0.25) is 0 Å². The lowest BCUT2D eigenvalue weighted by Gasteiger charge is -2.08. The molecule has 0 unspecified atom stereocenters. The van der Waals surface area contributed by atoms with Gasteiger partial charge in [-0.1, -0.05) is 6.07 Å². The zero-order chi connectivity index (χ0) is 14.8. The third-order valence-electron chi connectivity index (χ3n) is 3.20. The Hall–Kier alpha value is -1.88. The van der Waals surface area contributed by atoms with Gasteiger partial charge in [-0.25, -0.2) is 13.4 Å². The summed E-state index contributed by atoms with van der Waals surface area (Å²) in [5.74, 6) is 0.353. The number of benzene rings is 1. The van der Waals surface area contributed by atoms with Crippen LogP contribution in [-0.4, -0.2) is 20.5 Å². The first kappa shape index (κ1) is 14.5. The summed E-state index contributed by atoms with van der Waals surface area (Å²) in [6.45, 7) is 3.86. The van der Waals surface area contributed by atoms with Gasteiger partial charge in [0, 0.05) is 12.3 Å². The van der Waals surface area contributed by atoms with E-state index in [-0.39, 0.29) is 5.75 Å². The second-order valence-electron chi connectivity index (χ2n) is 4.71. The fourth-order valence-corrected chi connectivity index (χ4v) is 3.28. The van der Waals surface area contributed by atoms with Gasteiger partial charge in [-0.2, -0.15) is 0 Å². The van der Waals surface area contributed by atoms with E-state index in [2.05, 4.69) is 4.98 Å². The quantitative estimate of drug-likeness (QED) is 0.869. The van der Waals surface area contributed by atoms with Crippen LogP contribution in [0.1, 0.15) is 16.7 Å². The number of hydrogen-bond donors (Lipinski definition) is 0. The van der Waals surface area contributed by atoms with E-state index in [0.717, 1.165) is 11.1 Å². The molecule has 0 aliphatic carbocycles. The minimum atomic E-state index is -3.36. The third kappa shape index (κ3) is 3.17. The van der Waals surface area contributed by atoms with Gasteiger partial charge in [0.2, 0.25) is 5.88 Å². The van der Waals surface area contributed by atoms with Gasteiger partial charge < -0.3 is 4.74 Å². The van der Waals surface area contributed by atoms with Gasteiger partial charge in [0.1, 0.15) is 0 Å². The number of pyridine rings is 1. The van der Waals surface area contributed by atoms with Crippen molar-refractivity contribution >= 4 is 9.84 Å². The average molecular weight is 291 g/mol. The molecular weight excluding hydrogens is 274 g/mol. The van der Waals surface area contributed by atoms with Crippen molar-refractivity contribution in [1.82, 2.24) is 4.98 Å². The Balaban J connectivity index is 2.32. The van der Waals surface area contributed by atoms with E-state index in [0.29, 0.717) is 16.3 Å². The molecule has 0 radical (unpaired) electrons. The predicted molar refractivity (Wildman–Crippen MR) is 77.6 cm³/mol. The standard InChI is InChI=1S/C15H17NO3S/c1-11-4-5-14(8-12(11)2)20(17,18)10-13-6-7-16-15(9-13)19-3/h4-9H,10H2,1-3H3. The number of hydrogen-bond acceptors (Lipinski definition) is 4. The molecule has 0 N–H and O–H groups in total. The van der Waals surface area contributed by atoms with E-state index >= 15 is 0 Å². The minimum Gasteiger partial charge on any atom is -0.481 e. The van der Waals surface area contributed by atoms with E-state index in [1.165, 1.54) is 7.11 Å². The highest BCUT2D eigenvalue weighted by atomic mass is 32.2. The van der Waals surface area contributed by atoms with E-state index < -0.39 is 9.84 Å². The Labute approximate surface area is 119 Å². The van der Waals surface area contributed by atoms with Gasteiger partial charge >= 0.3 is 0 Å². The Kier molecular flexibility index (Phi) is 4.09. The number of sulfone groups is 1. The number of ether oxygens (including phenoxy) is 1. The van der Waals surface area contributed by atoms with Gasteiger partial charge in [0.25, 0.3) is 0 Å². The Morgan fingerprint density at radius 1 is 1.10 bits per heavy atom. The molecule has 0 atom stereocenters. The molecule has 0 saturated carbocycles. The SMILES string of the molecule is COc1cc(CS(=O)(=O)c2ccc(C)c(C)c2)ccn1. The van der Waals surface area contributed by atoms with Gasteiger partial charge in [0.15, 0.2) is 9.84 Å². The van der Waals surface area contributed by atoms with Crippen LogP contribution in [0, 0.1) is 13.8 Å². The zero-order valence-corrected chi connectivity index (χ0v) is 12.6. The maximum absolute atomic E-state index is 12.4. The zero-order valence-electron chi connectivity index (χ0n) is 11.8. The summed E-state index contributed by atoms with van der Waals surface area (Å²) in [5.41, 5.74) is 2.71. The Morgan fingerprint density at radius 3 is 2.50 bits per heavy atom. The van der Waals surface area contributed by atoms with Crippen LogP contribution in [0.3, 0.4) is 0 Å². The first-order chi connectivity index (χ1) is 9.42. The molecule has 0 spiro atoms. The van der Waals surface area contributed by atoms with Crippen molar-refractivity contribution in [2.24, 2.45) is 0 Å². The highest BCUT2D eigenvalue weighted by molar-refractivity contribution is 7.90. The largest absolute Gasteiger partial charge is 0.481 e. The second kappa shape index (κ2) is 5.63. The summed E-state index contributed by atoms with van der Waals surface area (Å²) in [6, 6.07) is 8.51. The number of aromatic nitrogens is 1. The van der Waals surface area contributed by atoms with Gasteiger partial charge in [0.05, 0.1) is 17.8 Å². The lowest BCUT2D eigenvalue weighted by Crippen LogP contribution is -2.06. The van der Waals surface area contributed by atoms with E-state index in [9.17, 15) is 8.42 Å². The van der Waals surface area contributed by atoms with Gasteiger partial charge in [-0.05, 0) is 48.7 Å². The van der Waals surface area contributed by atoms with Crippen molar-refractivity contribution in [3.63, 3.8) is 0 Å². The molecule has 20 heavy (non-hydrogen) atoms. The topological polar surface area (TPSA) is 56.3 Å². The molecule has 0 aliphatic rings. The van der Waals surface area contributed by atoms with Crippen LogP contribution in [0.15, 0.2) is 41.4 Å². The van der Waals surface area contributed by atoms with E-state index in [1.807, 2.05) is 19.9 Å². The van der Waals surface area contributed by atoms with Crippen molar-refractivity contribution in [3.8, 4) is 5.88 Å². The lowest BCUT2D eigenvalue weighted by molar-refractivity contribution is 0.397. The molecule has 0 bridgehead atoms. The summed E-state index contributed by atoms with van der Waals surface area (Å²) in [7, 11) is -1.86.